The molecule has 30 heavy (non-hydrogen) atoms. The van der Waals surface area contributed by atoms with E-state index in [4.69, 9.17) is 9.47 Å². The number of ether oxygens (including phenoxy) is 2. The van der Waals surface area contributed by atoms with Crippen LogP contribution in [0.15, 0.2) is 53.5 Å². The summed E-state index contributed by atoms with van der Waals surface area (Å²) in [5, 5.41) is 3.51. The number of benzene rings is 2. The molecule has 1 saturated heterocycles. The first kappa shape index (κ1) is 22.1. The van der Waals surface area contributed by atoms with Crippen molar-refractivity contribution in [1.29, 1.82) is 0 Å². The maximum Gasteiger partial charge on any atom is 0.193 e. The highest BCUT2D eigenvalue weighted by Gasteiger charge is 2.23. The Morgan fingerprint density at radius 2 is 1.83 bits per heavy atom. The third kappa shape index (κ3) is 5.93. The van der Waals surface area contributed by atoms with Crippen molar-refractivity contribution < 1.29 is 13.9 Å². The van der Waals surface area contributed by atoms with E-state index in [0.717, 1.165) is 43.6 Å². The molecule has 0 aromatic heterocycles. The van der Waals surface area contributed by atoms with E-state index < -0.39 is 0 Å². The molecule has 1 fully saturated rings. The molecule has 0 bridgehead atoms. The Morgan fingerprint density at radius 1 is 1.17 bits per heavy atom. The summed E-state index contributed by atoms with van der Waals surface area (Å²) in [5.74, 6) is 1.42. The van der Waals surface area contributed by atoms with Crippen LogP contribution in [0, 0.1) is 5.82 Å². The zero-order valence-electron chi connectivity index (χ0n) is 18.0. The first-order valence-corrected chi connectivity index (χ1v) is 10.2. The first-order valence-electron chi connectivity index (χ1n) is 10.2. The lowest BCUT2D eigenvalue weighted by Crippen LogP contribution is -2.46. The van der Waals surface area contributed by atoms with Crippen molar-refractivity contribution >= 4 is 5.96 Å². The Labute approximate surface area is 178 Å². The molecular formula is C23H31FN4O2. The Balaban J connectivity index is 1.68. The Bertz CT molecular complexity index is 805. The smallest absolute Gasteiger partial charge is 0.193 e. The SMILES string of the molecule is CN=C(NCC(c1ccc(OC)cc1)N1CCOCC1)N(C)Cc1ccc(F)cc1. The zero-order chi connectivity index (χ0) is 21.3. The number of guanidine groups is 1. The molecule has 3 rings (SSSR count). The quantitative estimate of drug-likeness (QED) is 0.558. The Kier molecular flexibility index (Phi) is 8.04. The van der Waals surface area contributed by atoms with E-state index in [1.54, 1.807) is 26.3 Å². The summed E-state index contributed by atoms with van der Waals surface area (Å²) < 4.78 is 24.0. The van der Waals surface area contributed by atoms with Crippen LogP contribution in [0.1, 0.15) is 17.2 Å². The molecule has 1 N–H and O–H groups in total. The molecule has 2 aromatic rings. The van der Waals surface area contributed by atoms with Crippen LogP contribution in [0.25, 0.3) is 0 Å². The number of nitrogens with zero attached hydrogens (tertiary/aromatic N) is 3. The van der Waals surface area contributed by atoms with Gasteiger partial charge in [-0.25, -0.2) is 4.39 Å². The summed E-state index contributed by atoms with van der Waals surface area (Å²) in [5.41, 5.74) is 2.25. The molecule has 0 amide bonds. The maximum absolute atomic E-state index is 13.2. The predicted octanol–water partition coefficient (Wildman–Crippen LogP) is 2.92. The van der Waals surface area contributed by atoms with Crippen LogP contribution in [-0.2, 0) is 11.3 Å². The van der Waals surface area contributed by atoms with Crippen molar-refractivity contribution in [2.24, 2.45) is 4.99 Å². The normalized spacial score (nSPS) is 16.2. The molecule has 1 heterocycles. The van der Waals surface area contributed by atoms with Crippen LogP contribution in [0.3, 0.4) is 0 Å². The van der Waals surface area contributed by atoms with Crippen LogP contribution < -0.4 is 10.1 Å². The van der Waals surface area contributed by atoms with Crippen LogP contribution in [0.2, 0.25) is 0 Å². The fourth-order valence-corrected chi connectivity index (χ4v) is 3.68. The molecule has 1 aliphatic rings. The van der Waals surface area contributed by atoms with Gasteiger partial charge in [-0.05, 0) is 35.4 Å². The average Bonchev–Trinajstić information content (AvgIpc) is 2.79. The minimum Gasteiger partial charge on any atom is -0.497 e. The molecule has 2 aromatic carbocycles. The second-order valence-corrected chi connectivity index (χ2v) is 7.35. The predicted molar refractivity (Wildman–Crippen MR) is 117 cm³/mol. The minimum absolute atomic E-state index is 0.191. The van der Waals surface area contributed by atoms with E-state index in [1.807, 2.05) is 24.1 Å². The van der Waals surface area contributed by atoms with Gasteiger partial charge >= 0.3 is 0 Å². The van der Waals surface area contributed by atoms with Gasteiger partial charge in [0.2, 0.25) is 0 Å². The van der Waals surface area contributed by atoms with Crippen molar-refractivity contribution in [2.45, 2.75) is 12.6 Å². The number of rotatable bonds is 7. The fraction of sp³-hybridized carbons (Fsp3) is 0.435. The molecule has 0 aliphatic carbocycles. The van der Waals surface area contributed by atoms with Gasteiger partial charge in [-0.15, -0.1) is 0 Å². The summed E-state index contributed by atoms with van der Waals surface area (Å²) in [7, 11) is 5.44. The number of hydrogen-bond donors (Lipinski definition) is 1. The summed E-state index contributed by atoms with van der Waals surface area (Å²) in [4.78, 5) is 8.91. The fourth-order valence-electron chi connectivity index (χ4n) is 3.68. The Morgan fingerprint density at radius 3 is 2.43 bits per heavy atom. The Hall–Kier alpha value is -2.64. The number of aliphatic imine (C=N–C) groups is 1. The van der Waals surface area contributed by atoms with Gasteiger partial charge in [-0.1, -0.05) is 24.3 Å². The van der Waals surface area contributed by atoms with Crippen molar-refractivity contribution in [2.75, 3.05) is 54.1 Å². The first-order chi connectivity index (χ1) is 14.6. The highest BCUT2D eigenvalue weighted by atomic mass is 19.1. The van der Waals surface area contributed by atoms with E-state index >= 15 is 0 Å². The van der Waals surface area contributed by atoms with Crippen LogP contribution in [-0.4, -0.2) is 69.8 Å². The van der Waals surface area contributed by atoms with Gasteiger partial charge in [0, 0.05) is 40.3 Å². The highest BCUT2D eigenvalue weighted by Crippen LogP contribution is 2.23. The largest absolute Gasteiger partial charge is 0.497 e. The van der Waals surface area contributed by atoms with Gasteiger partial charge in [0.05, 0.1) is 26.4 Å². The van der Waals surface area contributed by atoms with Gasteiger partial charge in [0.15, 0.2) is 5.96 Å². The van der Waals surface area contributed by atoms with Crippen molar-refractivity contribution in [3.63, 3.8) is 0 Å². The van der Waals surface area contributed by atoms with E-state index in [-0.39, 0.29) is 11.9 Å². The number of hydrogen-bond acceptors (Lipinski definition) is 4. The lowest BCUT2D eigenvalue weighted by molar-refractivity contribution is 0.0169. The third-order valence-electron chi connectivity index (χ3n) is 5.35. The third-order valence-corrected chi connectivity index (χ3v) is 5.35. The second-order valence-electron chi connectivity index (χ2n) is 7.35. The van der Waals surface area contributed by atoms with Crippen LogP contribution in [0.4, 0.5) is 4.39 Å². The molecule has 0 spiro atoms. The molecular weight excluding hydrogens is 383 g/mol. The monoisotopic (exact) mass is 414 g/mol. The van der Waals surface area contributed by atoms with E-state index in [2.05, 4.69) is 27.3 Å². The lowest BCUT2D eigenvalue weighted by atomic mass is 10.0. The van der Waals surface area contributed by atoms with Crippen LogP contribution in [0.5, 0.6) is 5.75 Å². The zero-order valence-corrected chi connectivity index (χ0v) is 18.0. The van der Waals surface area contributed by atoms with Gasteiger partial charge in [-0.3, -0.25) is 9.89 Å². The summed E-state index contributed by atoms with van der Waals surface area (Å²) in [6.07, 6.45) is 0. The number of morpholine rings is 1. The molecule has 1 atom stereocenters. The van der Waals surface area contributed by atoms with Crippen molar-refractivity contribution in [3.8, 4) is 5.75 Å². The maximum atomic E-state index is 13.2. The minimum atomic E-state index is -0.225. The van der Waals surface area contributed by atoms with Crippen molar-refractivity contribution in [1.82, 2.24) is 15.1 Å². The van der Waals surface area contributed by atoms with Gasteiger partial charge < -0.3 is 19.7 Å². The van der Waals surface area contributed by atoms with Crippen molar-refractivity contribution in [3.05, 3.63) is 65.5 Å². The van der Waals surface area contributed by atoms with Gasteiger partial charge in [0.1, 0.15) is 11.6 Å². The molecule has 0 saturated carbocycles. The van der Waals surface area contributed by atoms with E-state index in [1.165, 1.54) is 17.7 Å². The molecule has 162 valence electrons. The standard InChI is InChI=1S/C23H31FN4O2/c1-25-23(27(2)17-18-4-8-20(24)9-5-18)26-16-22(28-12-14-30-15-13-28)19-6-10-21(29-3)11-7-19/h4-11,22H,12-17H2,1-3H3,(H,25,26). The topological polar surface area (TPSA) is 49.3 Å². The molecule has 1 unspecified atom stereocenters. The number of methoxy groups -OCH3 is 1. The summed E-state index contributed by atoms with van der Waals surface area (Å²) in [6.45, 7) is 4.62. The molecule has 0 radical (unpaired) electrons. The van der Waals surface area contributed by atoms with Gasteiger partial charge in [0.25, 0.3) is 0 Å². The van der Waals surface area contributed by atoms with E-state index in [0.29, 0.717) is 13.1 Å². The van der Waals surface area contributed by atoms with E-state index in [9.17, 15) is 4.39 Å². The van der Waals surface area contributed by atoms with Crippen LogP contribution >= 0.6 is 0 Å². The van der Waals surface area contributed by atoms with Gasteiger partial charge in [-0.2, -0.15) is 0 Å². The molecule has 7 heteroatoms. The highest BCUT2D eigenvalue weighted by molar-refractivity contribution is 5.79. The lowest BCUT2D eigenvalue weighted by Gasteiger charge is -2.35. The summed E-state index contributed by atoms with van der Waals surface area (Å²) >= 11 is 0. The average molecular weight is 415 g/mol. The molecule has 1 aliphatic heterocycles. The number of halogens is 1. The number of nitrogens with one attached hydrogen (secondary N) is 1. The second kappa shape index (κ2) is 10.9. The summed E-state index contributed by atoms with van der Waals surface area (Å²) in [6, 6.07) is 15.0. The molecule has 6 nitrogen and oxygen atoms in total.